The normalized spacial score (nSPS) is 15.6. The van der Waals surface area contributed by atoms with Gasteiger partial charge in [-0.3, -0.25) is 0 Å². The molecule has 0 aromatic carbocycles. The van der Waals surface area contributed by atoms with Crippen molar-refractivity contribution in [3.63, 3.8) is 0 Å². The lowest BCUT2D eigenvalue weighted by Crippen LogP contribution is -1.72. The van der Waals surface area contributed by atoms with Crippen molar-refractivity contribution in [3.05, 3.63) is 48.1 Å². The second kappa shape index (κ2) is 4.41. The first-order valence-electron chi connectivity index (χ1n) is 4.01. The number of hydrogen-bond donors (Lipinski definition) is 0. The van der Waals surface area contributed by atoms with Crippen molar-refractivity contribution in [2.75, 3.05) is 0 Å². The molecular formula is C12H12. The van der Waals surface area contributed by atoms with E-state index in [0.717, 1.165) is 18.4 Å². The van der Waals surface area contributed by atoms with Crippen molar-refractivity contribution in [3.8, 4) is 12.3 Å². The van der Waals surface area contributed by atoms with E-state index >= 15 is 0 Å². The van der Waals surface area contributed by atoms with Crippen LogP contribution in [0.5, 0.6) is 0 Å². The SMILES string of the molecule is C#CC1=CCC=C(CC=C)C=C1. The first-order valence-corrected chi connectivity index (χ1v) is 4.01. The summed E-state index contributed by atoms with van der Waals surface area (Å²) in [6, 6.07) is 0. The summed E-state index contributed by atoms with van der Waals surface area (Å²) < 4.78 is 0. The number of rotatable bonds is 2. The molecule has 0 bridgehead atoms. The molecule has 0 unspecified atom stereocenters. The molecule has 0 saturated heterocycles. The Kier molecular flexibility index (Phi) is 3.17. The van der Waals surface area contributed by atoms with Gasteiger partial charge in [-0.2, -0.15) is 0 Å². The maximum Gasteiger partial charge on any atom is 0.0205 e. The summed E-state index contributed by atoms with van der Waals surface area (Å²) >= 11 is 0. The second-order valence-electron chi connectivity index (χ2n) is 2.64. The molecule has 0 aliphatic heterocycles. The molecule has 60 valence electrons. The van der Waals surface area contributed by atoms with Crippen molar-refractivity contribution in [2.24, 2.45) is 0 Å². The Labute approximate surface area is 74.0 Å². The lowest BCUT2D eigenvalue weighted by molar-refractivity contribution is 1.24. The first-order chi connectivity index (χ1) is 5.86. The van der Waals surface area contributed by atoms with Crippen molar-refractivity contribution >= 4 is 0 Å². The lowest BCUT2D eigenvalue weighted by atomic mass is 10.1. The van der Waals surface area contributed by atoms with Gasteiger partial charge in [-0.15, -0.1) is 13.0 Å². The van der Waals surface area contributed by atoms with E-state index in [4.69, 9.17) is 6.42 Å². The van der Waals surface area contributed by atoms with Crippen LogP contribution in [0.1, 0.15) is 12.8 Å². The zero-order chi connectivity index (χ0) is 8.81. The zero-order valence-corrected chi connectivity index (χ0v) is 7.09. The van der Waals surface area contributed by atoms with Gasteiger partial charge in [0.25, 0.3) is 0 Å². The summed E-state index contributed by atoms with van der Waals surface area (Å²) in [4.78, 5) is 0. The predicted molar refractivity (Wildman–Crippen MR) is 53.6 cm³/mol. The predicted octanol–water partition coefficient (Wildman–Crippen LogP) is 3.01. The van der Waals surface area contributed by atoms with Gasteiger partial charge in [0, 0.05) is 5.57 Å². The summed E-state index contributed by atoms with van der Waals surface area (Å²) in [5, 5.41) is 0. The molecule has 0 spiro atoms. The van der Waals surface area contributed by atoms with Crippen LogP contribution in [-0.2, 0) is 0 Å². The van der Waals surface area contributed by atoms with Gasteiger partial charge >= 0.3 is 0 Å². The Bertz CT molecular complexity index is 292. The van der Waals surface area contributed by atoms with Gasteiger partial charge in [0.05, 0.1) is 0 Å². The van der Waals surface area contributed by atoms with Crippen molar-refractivity contribution < 1.29 is 0 Å². The fourth-order valence-corrected chi connectivity index (χ4v) is 1.10. The van der Waals surface area contributed by atoms with Crippen LogP contribution in [0.25, 0.3) is 0 Å². The second-order valence-corrected chi connectivity index (χ2v) is 2.64. The van der Waals surface area contributed by atoms with Crippen LogP contribution in [0.15, 0.2) is 48.1 Å². The molecule has 0 saturated carbocycles. The fourth-order valence-electron chi connectivity index (χ4n) is 1.10. The summed E-state index contributed by atoms with van der Waals surface area (Å²) in [5.41, 5.74) is 2.25. The van der Waals surface area contributed by atoms with E-state index in [-0.39, 0.29) is 0 Å². The molecule has 0 heteroatoms. The molecule has 0 aromatic rings. The van der Waals surface area contributed by atoms with E-state index in [2.05, 4.69) is 24.7 Å². The average Bonchev–Trinajstić information content (AvgIpc) is 2.31. The highest BCUT2D eigenvalue weighted by molar-refractivity contribution is 5.42. The summed E-state index contributed by atoms with van der Waals surface area (Å²) in [5.74, 6) is 2.62. The highest BCUT2D eigenvalue weighted by Gasteiger charge is 1.94. The molecule has 0 radical (unpaired) electrons. The quantitative estimate of drug-likeness (QED) is 0.426. The topological polar surface area (TPSA) is 0 Å². The minimum absolute atomic E-state index is 0.919. The van der Waals surface area contributed by atoms with E-state index in [0.29, 0.717) is 0 Å². The summed E-state index contributed by atoms with van der Waals surface area (Å²) in [7, 11) is 0. The van der Waals surface area contributed by atoms with Crippen LogP contribution in [0, 0.1) is 12.3 Å². The monoisotopic (exact) mass is 156 g/mol. The first kappa shape index (κ1) is 8.62. The molecule has 1 aliphatic rings. The van der Waals surface area contributed by atoms with Gasteiger partial charge in [0.1, 0.15) is 0 Å². The molecule has 0 nitrogen and oxygen atoms in total. The zero-order valence-electron chi connectivity index (χ0n) is 7.09. The number of allylic oxidation sites excluding steroid dienone is 7. The van der Waals surface area contributed by atoms with Gasteiger partial charge in [-0.25, -0.2) is 0 Å². The van der Waals surface area contributed by atoms with E-state index in [1.807, 2.05) is 18.2 Å². The molecule has 0 N–H and O–H groups in total. The number of hydrogen-bond acceptors (Lipinski definition) is 0. The summed E-state index contributed by atoms with van der Waals surface area (Å²) in [6.45, 7) is 3.69. The Morgan fingerprint density at radius 2 is 2.33 bits per heavy atom. The third-order valence-corrected chi connectivity index (χ3v) is 1.74. The van der Waals surface area contributed by atoms with Crippen LogP contribution in [0.2, 0.25) is 0 Å². The van der Waals surface area contributed by atoms with E-state index < -0.39 is 0 Å². The van der Waals surface area contributed by atoms with Crippen molar-refractivity contribution in [1.29, 1.82) is 0 Å². The third kappa shape index (κ3) is 2.29. The molecule has 0 heterocycles. The fraction of sp³-hybridized carbons (Fsp3) is 0.167. The van der Waals surface area contributed by atoms with Gasteiger partial charge < -0.3 is 0 Å². The molecule has 0 aromatic heterocycles. The highest BCUT2D eigenvalue weighted by Crippen LogP contribution is 2.12. The minimum atomic E-state index is 0.919. The molecule has 12 heavy (non-hydrogen) atoms. The third-order valence-electron chi connectivity index (χ3n) is 1.74. The van der Waals surface area contributed by atoms with E-state index in [9.17, 15) is 0 Å². The molecule has 0 atom stereocenters. The standard InChI is InChI=1S/C12H12/c1-3-6-12-8-5-7-11(4-2)9-10-12/h2-3,7-10H,1,5-6H2. The minimum Gasteiger partial charge on any atom is -0.115 e. The average molecular weight is 156 g/mol. The highest BCUT2D eigenvalue weighted by atomic mass is 14.0. The van der Waals surface area contributed by atoms with E-state index in [1.165, 1.54) is 5.57 Å². The van der Waals surface area contributed by atoms with Crippen molar-refractivity contribution in [2.45, 2.75) is 12.8 Å². The van der Waals surface area contributed by atoms with Crippen LogP contribution in [-0.4, -0.2) is 0 Å². The largest absolute Gasteiger partial charge is 0.115 e. The Morgan fingerprint density at radius 1 is 1.50 bits per heavy atom. The number of terminal acetylenes is 1. The van der Waals surface area contributed by atoms with Gasteiger partial charge in [0.2, 0.25) is 0 Å². The molecule has 1 rings (SSSR count). The van der Waals surface area contributed by atoms with Gasteiger partial charge in [-0.1, -0.05) is 30.2 Å². The van der Waals surface area contributed by atoms with Crippen molar-refractivity contribution in [1.82, 2.24) is 0 Å². The van der Waals surface area contributed by atoms with Crippen LogP contribution in [0.4, 0.5) is 0 Å². The van der Waals surface area contributed by atoms with Crippen LogP contribution < -0.4 is 0 Å². The van der Waals surface area contributed by atoms with Crippen LogP contribution >= 0.6 is 0 Å². The summed E-state index contributed by atoms with van der Waals surface area (Å²) in [6.07, 6.45) is 17.3. The van der Waals surface area contributed by atoms with Gasteiger partial charge in [0.15, 0.2) is 0 Å². The molecule has 0 fully saturated rings. The lowest BCUT2D eigenvalue weighted by Gasteiger charge is -1.92. The maximum absolute atomic E-state index is 5.28. The Hall–Kier alpha value is -1.48. The molecule has 0 amide bonds. The molecule has 1 aliphatic carbocycles. The Morgan fingerprint density at radius 3 is 3.00 bits per heavy atom. The Balaban J connectivity index is 2.72. The van der Waals surface area contributed by atoms with E-state index in [1.54, 1.807) is 0 Å². The van der Waals surface area contributed by atoms with Crippen LogP contribution in [0.3, 0.4) is 0 Å². The molecular weight excluding hydrogens is 144 g/mol. The smallest absolute Gasteiger partial charge is 0.0205 e. The maximum atomic E-state index is 5.28. The van der Waals surface area contributed by atoms with Gasteiger partial charge in [-0.05, 0) is 24.5 Å².